The van der Waals surface area contributed by atoms with Crippen LogP contribution in [0.2, 0.25) is 0 Å². The largest absolute Gasteiger partial charge is 0.366 e. The van der Waals surface area contributed by atoms with Crippen LogP contribution in [0.4, 0.5) is 5.69 Å². The number of carbonyl (C=O) groups excluding carboxylic acids is 2. The summed E-state index contributed by atoms with van der Waals surface area (Å²) in [5.41, 5.74) is 6.10. The first-order valence-corrected chi connectivity index (χ1v) is 6.20. The molecule has 6 heteroatoms. The number of nitrogens with two attached hydrogens (primary N) is 1. The zero-order valence-corrected chi connectivity index (χ0v) is 11.3. The Morgan fingerprint density at radius 2 is 1.84 bits per heavy atom. The third-order valence-corrected chi connectivity index (χ3v) is 2.83. The third kappa shape index (κ3) is 3.17. The molecule has 0 unspecified atom stereocenters. The third-order valence-electron chi connectivity index (χ3n) is 2.39. The fourth-order valence-electron chi connectivity index (χ4n) is 1.53. The molecule has 0 aliphatic heterocycles. The van der Waals surface area contributed by atoms with E-state index in [9.17, 15) is 9.59 Å². The molecule has 0 bridgehead atoms. The van der Waals surface area contributed by atoms with E-state index in [0.717, 1.165) is 0 Å². The average molecular weight is 320 g/mol. The number of hydrogen-bond donors (Lipinski definition) is 2. The standard InChI is InChI=1S/C13H10BrN3O2/c14-11-7-3-6-10(16-11)13(19)17-9-5-2-1-4-8(9)12(15)18/h1-7H,(H2,15,18)(H,17,19). The van der Waals surface area contributed by atoms with Crippen molar-refractivity contribution in [3.05, 3.63) is 58.3 Å². The van der Waals surface area contributed by atoms with Crippen LogP contribution < -0.4 is 11.1 Å². The summed E-state index contributed by atoms with van der Waals surface area (Å²) in [6.07, 6.45) is 0. The van der Waals surface area contributed by atoms with Crippen molar-refractivity contribution in [1.82, 2.24) is 4.98 Å². The second kappa shape index (κ2) is 5.62. The van der Waals surface area contributed by atoms with E-state index in [-0.39, 0.29) is 11.3 Å². The number of aromatic nitrogens is 1. The first kappa shape index (κ1) is 13.2. The maximum atomic E-state index is 12.0. The molecular weight excluding hydrogens is 310 g/mol. The highest BCUT2D eigenvalue weighted by atomic mass is 79.9. The Balaban J connectivity index is 2.27. The van der Waals surface area contributed by atoms with Crippen molar-refractivity contribution in [2.45, 2.75) is 0 Å². The van der Waals surface area contributed by atoms with E-state index < -0.39 is 11.8 Å². The fraction of sp³-hybridized carbons (Fsp3) is 0. The Bertz CT molecular complexity index is 643. The summed E-state index contributed by atoms with van der Waals surface area (Å²) < 4.78 is 0.559. The molecule has 0 aliphatic rings. The molecule has 1 aromatic heterocycles. The Labute approximate surface area is 118 Å². The molecule has 96 valence electrons. The summed E-state index contributed by atoms with van der Waals surface area (Å²) in [4.78, 5) is 27.3. The van der Waals surface area contributed by atoms with E-state index >= 15 is 0 Å². The first-order valence-electron chi connectivity index (χ1n) is 5.40. The predicted molar refractivity (Wildman–Crippen MR) is 74.9 cm³/mol. The van der Waals surface area contributed by atoms with Crippen LogP contribution in [0.15, 0.2) is 47.1 Å². The molecular formula is C13H10BrN3O2. The van der Waals surface area contributed by atoms with Gasteiger partial charge in [-0.25, -0.2) is 4.98 Å². The summed E-state index contributed by atoms with van der Waals surface area (Å²) in [5, 5.41) is 2.61. The minimum absolute atomic E-state index is 0.244. The quantitative estimate of drug-likeness (QED) is 0.850. The number of para-hydroxylation sites is 1. The molecule has 0 spiro atoms. The number of hydrogen-bond acceptors (Lipinski definition) is 3. The zero-order chi connectivity index (χ0) is 13.8. The van der Waals surface area contributed by atoms with Gasteiger partial charge in [-0.15, -0.1) is 0 Å². The topological polar surface area (TPSA) is 85.1 Å². The molecule has 0 saturated carbocycles. The molecule has 0 aliphatic carbocycles. The predicted octanol–water partition coefficient (Wildman–Crippen LogP) is 2.20. The molecule has 3 N–H and O–H groups in total. The minimum atomic E-state index is -0.599. The lowest BCUT2D eigenvalue weighted by Crippen LogP contribution is -2.18. The van der Waals surface area contributed by atoms with Gasteiger partial charge in [0.2, 0.25) is 0 Å². The number of primary amides is 1. The van der Waals surface area contributed by atoms with Crippen LogP contribution in [0, 0.1) is 0 Å². The van der Waals surface area contributed by atoms with Gasteiger partial charge in [0.05, 0.1) is 11.3 Å². The molecule has 1 heterocycles. The van der Waals surface area contributed by atoms with Crippen molar-refractivity contribution in [2.24, 2.45) is 5.73 Å². The van der Waals surface area contributed by atoms with Gasteiger partial charge in [0.15, 0.2) is 0 Å². The molecule has 0 saturated heterocycles. The van der Waals surface area contributed by atoms with Crippen molar-refractivity contribution < 1.29 is 9.59 Å². The summed E-state index contributed by atoms with van der Waals surface area (Å²) in [6.45, 7) is 0. The second-order valence-electron chi connectivity index (χ2n) is 3.71. The van der Waals surface area contributed by atoms with Crippen LogP contribution in [0.5, 0.6) is 0 Å². The zero-order valence-electron chi connectivity index (χ0n) is 9.76. The molecule has 1 aromatic carbocycles. The van der Waals surface area contributed by atoms with Gasteiger partial charge < -0.3 is 11.1 Å². The Morgan fingerprint density at radius 3 is 2.53 bits per heavy atom. The normalized spacial score (nSPS) is 9.95. The van der Waals surface area contributed by atoms with E-state index in [0.29, 0.717) is 10.3 Å². The van der Waals surface area contributed by atoms with Gasteiger partial charge in [0.25, 0.3) is 11.8 Å². The molecule has 2 amide bonds. The number of nitrogens with one attached hydrogen (secondary N) is 1. The lowest BCUT2D eigenvalue weighted by molar-refractivity contribution is 0.100. The number of nitrogens with zero attached hydrogens (tertiary/aromatic N) is 1. The van der Waals surface area contributed by atoms with Gasteiger partial charge in [0.1, 0.15) is 10.3 Å². The highest BCUT2D eigenvalue weighted by Crippen LogP contribution is 2.15. The minimum Gasteiger partial charge on any atom is -0.366 e. The summed E-state index contributed by atoms with van der Waals surface area (Å²) in [7, 11) is 0. The molecule has 5 nitrogen and oxygen atoms in total. The number of carbonyl (C=O) groups is 2. The lowest BCUT2D eigenvalue weighted by Gasteiger charge is -2.08. The molecule has 2 aromatic rings. The van der Waals surface area contributed by atoms with E-state index in [1.807, 2.05) is 0 Å². The number of halogens is 1. The van der Waals surface area contributed by atoms with Gasteiger partial charge in [-0.05, 0) is 40.2 Å². The van der Waals surface area contributed by atoms with E-state index in [2.05, 4.69) is 26.2 Å². The Kier molecular flexibility index (Phi) is 3.91. The van der Waals surface area contributed by atoms with Gasteiger partial charge in [-0.3, -0.25) is 9.59 Å². The van der Waals surface area contributed by atoms with Crippen LogP contribution in [-0.2, 0) is 0 Å². The van der Waals surface area contributed by atoms with Crippen LogP contribution in [0.25, 0.3) is 0 Å². The second-order valence-corrected chi connectivity index (χ2v) is 4.52. The van der Waals surface area contributed by atoms with Crippen LogP contribution >= 0.6 is 15.9 Å². The van der Waals surface area contributed by atoms with Gasteiger partial charge in [-0.1, -0.05) is 18.2 Å². The molecule has 0 fully saturated rings. The van der Waals surface area contributed by atoms with E-state index in [4.69, 9.17) is 5.73 Å². The SMILES string of the molecule is NC(=O)c1ccccc1NC(=O)c1cccc(Br)n1. The summed E-state index contributed by atoms with van der Waals surface area (Å²) in [6, 6.07) is 11.5. The monoisotopic (exact) mass is 319 g/mol. The molecule has 19 heavy (non-hydrogen) atoms. The number of rotatable bonds is 3. The molecule has 0 radical (unpaired) electrons. The van der Waals surface area contributed by atoms with Crippen LogP contribution in [0.3, 0.4) is 0 Å². The Morgan fingerprint density at radius 1 is 1.11 bits per heavy atom. The number of anilines is 1. The van der Waals surface area contributed by atoms with E-state index in [1.165, 1.54) is 0 Å². The van der Waals surface area contributed by atoms with Crippen molar-refractivity contribution in [2.75, 3.05) is 5.32 Å². The van der Waals surface area contributed by atoms with Crippen molar-refractivity contribution in [3.8, 4) is 0 Å². The number of amides is 2. The maximum absolute atomic E-state index is 12.0. The lowest BCUT2D eigenvalue weighted by atomic mass is 10.1. The van der Waals surface area contributed by atoms with Gasteiger partial charge in [0, 0.05) is 0 Å². The molecule has 2 rings (SSSR count). The van der Waals surface area contributed by atoms with Crippen molar-refractivity contribution >= 4 is 33.4 Å². The maximum Gasteiger partial charge on any atom is 0.274 e. The number of pyridine rings is 1. The van der Waals surface area contributed by atoms with Crippen molar-refractivity contribution in [3.63, 3.8) is 0 Å². The first-order chi connectivity index (χ1) is 9.08. The van der Waals surface area contributed by atoms with E-state index in [1.54, 1.807) is 42.5 Å². The molecule has 0 atom stereocenters. The van der Waals surface area contributed by atoms with Crippen LogP contribution in [0.1, 0.15) is 20.8 Å². The number of benzene rings is 1. The highest BCUT2D eigenvalue weighted by Gasteiger charge is 2.12. The van der Waals surface area contributed by atoms with Gasteiger partial charge in [-0.2, -0.15) is 0 Å². The smallest absolute Gasteiger partial charge is 0.274 e. The van der Waals surface area contributed by atoms with Crippen LogP contribution in [-0.4, -0.2) is 16.8 Å². The van der Waals surface area contributed by atoms with Gasteiger partial charge >= 0.3 is 0 Å². The summed E-state index contributed by atoms with van der Waals surface area (Å²) in [5.74, 6) is -1.01. The summed E-state index contributed by atoms with van der Waals surface area (Å²) >= 11 is 3.19. The fourth-order valence-corrected chi connectivity index (χ4v) is 1.87. The van der Waals surface area contributed by atoms with Crippen molar-refractivity contribution in [1.29, 1.82) is 0 Å². The average Bonchev–Trinajstić information content (AvgIpc) is 2.39. The Hall–Kier alpha value is -2.21. The highest BCUT2D eigenvalue weighted by molar-refractivity contribution is 9.10.